The van der Waals surface area contributed by atoms with E-state index in [9.17, 15) is 14.0 Å². The first kappa shape index (κ1) is 18.2. The lowest BCUT2D eigenvalue weighted by Crippen LogP contribution is -2.30. The van der Waals surface area contributed by atoms with Crippen LogP contribution in [0.25, 0.3) is 0 Å². The van der Waals surface area contributed by atoms with Gasteiger partial charge in [-0.1, -0.05) is 41.4 Å². The summed E-state index contributed by atoms with van der Waals surface area (Å²) < 4.78 is 18.5. The summed E-state index contributed by atoms with van der Waals surface area (Å²) in [7, 11) is 0. The number of benzene rings is 2. The predicted octanol–water partition coefficient (Wildman–Crippen LogP) is 4.25. The van der Waals surface area contributed by atoms with Gasteiger partial charge in [0.1, 0.15) is 5.82 Å². The van der Waals surface area contributed by atoms with Gasteiger partial charge in [-0.3, -0.25) is 9.59 Å². The number of carbonyl (C=O) groups excluding carboxylic acids is 2. The number of halogens is 3. The highest BCUT2D eigenvalue weighted by atomic mass is 35.5. The summed E-state index contributed by atoms with van der Waals surface area (Å²) in [6.07, 6.45) is -1.32. The van der Waals surface area contributed by atoms with Crippen molar-refractivity contribution in [2.24, 2.45) is 0 Å². The predicted molar refractivity (Wildman–Crippen MR) is 90.7 cm³/mol. The second-order valence-electron chi connectivity index (χ2n) is 5.01. The molecule has 0 saturated carbocycles. The van der Waals surface area contributed by atoms with E-state index in [-0.39, 0.29) is 17.0 Å². The number of hydrogen-bond donors (Lipinski definition) is 1. The zero-order valence-corrected chi connectivity index (χ0v) is 14.2. The fourth-order valence-electron chi connectivity index (χ4n) is 1.91. The van der Waals surface area contributed by atoms with Crippen LogP contribution in [0.5, 0.6) is 0 Å². The molecule has 0 aliphatic carbocycles. The minimum atomic E-state index is -1.06. The van der Waals surface area contributed by atoms with Gasteiger partial charge in [0, 0.05) is 5.02 Å². The standard InChI is InChI=1S/C17H14Cl2FNO3/c1-10(17(23)21-15-7-6-12(18)9-13(15)19)24-16(22)8-11-4-2-3-5-14(11)20/h2-7,9-10H,8H2,1H3,(H,21,23). The second kappa shape index (κ2) is 8.13. The molecule has 2 rings (SSSR count). The lowest BCUT2D eigenvalue weighted by molar-refractivity contribution is -0.152. The van der Waals surface area contributed by atoms with E-state index in [0.29, 0.717) is 10.7 Å². The number of carbonyl (C=O) groups is 2. The summed E-state index contributed by atoms with van der Waals surface area (Å²) in [6, 6.07) is 10.5. The minimum absolute atomic E-state index is 0.204. The van der Waals surface area contributed by atoms with Crippen LogP contribution in [0.1, 0.15) is 12.5 Å². The SMILES string of the molecule is CC(OC(=O)Cc1ccccc1F)C(=O)Nc1ccc(Cl)cc1Cl. The van der Waals surface area contributed by atoms with E-state index in [1.54, 1.807) is 12.1 Å². The molecule has 1 unspecified atom stereocenters. The van der Waals surface area contributed by atoms with Gasteiger partial charge in [-0.05, 0) is 36.8 Å². The second-order valence-corrected chi connectivity index (χ2v) is 5.86. The van der Waals surface area contributed by atoms with Crippen molar-refractivity contribution in [1.82, 2.24) is 0 Å². The van der Waals surface area contributed by atoms with Crippen molar-refractivity contribution in [2.75, 3.05) is 5.32 Å². The third kappa shape index (κ3) is 4.94. The molecule has 126 valence electrons. The van der Waals surface area contributed by atoms with Crippen LogP contribution < -0.4 is 5.32 Å². The third-order valence-corrected chi connectivity index (χ3v) is 3.71. The summed E-state index contributed by atoms with van der Waals surface area (Å²) in [4.78, 5) is 23.9. The Bertz CT molecular complexity index is 767. The van der Waals surface area contributed by atoms with Gasteiger partial charge in [0.25, 0.3) is 5.91 Å². The first-order valence-electron chi connectivity index (χ1n) is 7.05. The van der Waals surface area contributed by atoms with Crippen LogP contribution >= 0.6 is 23.2 Å². The zero-order chi connectivity index (χ0) is 17.7. The Kier molecular flexibility index (Phi) is 6.17. The maximum atomic E-state index is 13.5. The molecule has 7 heteroatoms. The van der Waals surface area contributed by atoms with Crippen molar-refractivity contribution < 1.29 is 18.7 Å². The van der Waals surface area contributed by atoms with Gasteiger partial charge >= 0.3 is 5.97 Å². The van der Waals surface area contributed by atoms with Gasteiger partial charge in [-0.2, -0.15) is 0 Å². The molecule has 0 saturated heterocycles. The van der Waals surface area contributed by atoms with E-state index in [1.165, 1.54) is 37.3 Å². The van der Waals surface area contributed by atoms with E-state index in [4.69, 9.17) is 27.9 Å². The van der Waals surface area contributed by atoms with Gasteiger partial charge in [-0.25, -0.2) is 4.39 Å². The molecule has 1 atom stereocenters. The van der Waals surface area contributed by atoms with E-state index >= 15 is 0 Å². The molecule has 0 spiro atoms. The van der Waals surface area contributed by atoms with Gasteiger partial charge in [-0.15, -0.1) is 0 Å². The Morgan fingerprint density at radius 1 is 1.21 bits per heavy atom. The van der Waals surface area contributed by atoms with Crippen molar-refractivity contribution in [3.8, 4) is 0 Å². The molecule has 0 radical (unpaired) electrons. The molecular weight excluding hydrogens is 356 g/mol. The van der Waals surface area contributed by atoms with E-state index in [2.05, 4.69) is 5.32 Å². The monoisotopic (exact) mass is 369 g/mol. The molecule has 2 aromatic carbocycles. The molecule has 0 aliphatic heterocycles. The highest BCUT2D eigenvalue weighted by Gasteiger charge is 2.19. The Balaban J connectivity index is 1.93. The number of anilines is 1. The Hall–Kier alpha value is -2.11. The molecule has 0 bridgehead atoms. The van der Waals surface area contributed by atoms with E-state index in [0.717, 1.165) is 0 Å². The highest BCUT2D eigenvalue weighted by Crippen LogP contribution is 2.25. The summed E-state index contributed by atoms with van der Waals surface area (Å²) in [5.41, 5.74) is 0.555. The number of nitrogens with one attached hydrogen (secondary N) is 1. The third-order valence-electron chi connectivity index (χ3n) is 3.16. The molecule has 0 aliphatic rings. The highest BCUT2D eigenvalue weighted by molar-refractivity contribution is 6.36. The largest absolute Gasteiger partial charge is 0.452 e. The fraction of sp³-hybridized carbons (Fsp3) is 0.176. The van der Waals surface area contributed by atoms with Crippen LogP contribution in [0, 0.1) is 5.82 Å². The quantitative estimate of drug-likeness (QED) is 0.801. The van der Waals surface area contributed by atoms with E-state index < -0.39 is 23.8 Å². The van der Waals surface area contributed by atoms with E-state index in [1.807, 2.05) is 0 Å². The number of ether oxygens (including phenoxy) is 1. The van der Waals surface area contributed by atoms with Crippen LogP contribution in [-0.4, -0.2) is 18.0 Å². The van der Waals surface area contributed by atoms with Crippen LogP contribution in [0.4, 0.5) is 10.1 Å². The van der Waals surface area contributed by atoms with Gasteiger partial charge in [0.15, 0.2) is 6.10 Å². The minimum Gasteiger partial charge on any atom is -0.452 e. The zero-order valence-electron chi connectivity index (χ0n) is 12.7. The molecule has 4 nitrogen and oxygen atoms in total. The molecule has 1 amide bonds. The summed E-state index contributed by atoms with van der Waals surface area (Å²) in [5.74, 6) is -1.76. The molecule has 0 heterocycles. The number of rotatable bonds is 5. The van der Waals surface area contributed by atoms with Crippen LogP contribution in [0.2, 0.25) is 10.0 Å². The van der Waals surface area contributed by atoms with Crippen molar-refractivity contribution >= 4 is 40.8 Å². The molecular formula is C17H14Cl2FNO3. The average molecular weight is 370 g/mol. The van der Waals surface area contributed by atoms with Gasteiger partial charge in [0.05, 0.1) is 17.1 Å². The molecule has 0 fully saturated rings. The molecule has 24 heavy (non-hydrogen) atoms. The van der Waals surface area contributed by atoms with Crippen molar-refractivity contribution in [1.29, 1.82) is 0 Å². The van der Waals surface area contributed by atoms with Crippen LogP contribution in [0.3, 0.4) is 0 Å². The lowest BCUT2D eigenvalue weighted by Gasteiger charge is -2.14. The summed E-state index contributed by atoms with van der Waals surface area (Å²) in [6.45, 7) is 1.42. The number of amides is 1. The van der Waals surface area contributed by atoms with Crippen molar-refractivity contribution in [3.05, 3.63) is 63.9 Å². The molecule has 0 aromatic heterocycles. The number of esters is 1. The molecule has 1 N–H and O–H groups in total. The maximum Gasteiger partial charge on any atom is 0.311 e. The summed E-state index contributed by atoms with van der Waals surface area (Å²) in [5, 5.41) is 3.23. The van der Waals surface area contributed by atoms with Crippen molar-refractivity contribution in [2.45, 2.75) is 19.4 Å². The van der Waals surface area contributed by atoms with Gasteiger partial charge in [0.2, 0.25) is 0 Å². The lowest BCUT2D eigenvalue weighted by atomic mass is 10.1. The summed E-state index contributed by atoms with van der Waals surface area (Å²) >= 11 is 11.7. The first-order valence-corrected chi connectivity index (χ1v) is 7.81. The van der Waals surface area contributed by atoms with Gasteiger partial charge < -0.3 is 10.1 Å². The first-order chi connectivity index (χ1) is 11.4. The molecule has 2 aromatic rings. The van der Waals surface area contributed by atoms with Crippen LogP contribution in [0.15, 0.2) is 42.5 Å². The average Bonchev–Trinajstić information content (AvgIpc) is 2.52. The Morgan fingerprint density at radius 2 is 1.92 bits per heavy atom. The topological polar surface area (TPSA) is 55.4 Å². The van der Waals surface area contributed by atoms with Crippen LogP contribution in [-0.2, 0) is 20.7 Å². The Labute approximate surface area is 148 Å². The van der Waals surface area contributed by atoms with Crippen molar-refractivity contribution in [3.63, 3.8) is 0 Å². The fourth-order valence-corrected chi connectivity index (χ4v) is 2.37. The number of hydrogen-bond acceptors (Lipinski definition) is 3. The normalized spacial score (nSPS) is 11.7. The smallest absolute Gasteiger partial charge is 0.311 e. The Morgan fingerprint density at radius 3 is 2.58 bits per heavy atom. The maximum absolute atomic E-state index is 13.5.